The third kappa shape index (κ3) is 4.44. The van der Waals surface area contributed by atoms with Crippen LogP contribution in [0.15, 0.2) is 18.2 Å². The van der Waals surface area contributed by atoms with Gasteiger partial charge in [-0.2, -0.15) is 0 Å². The first-order valence-electron chi connectivity index (χ1n) is 7.09. The SMILES string of the molecule is CC(=O)Nc1cc(Cl)ccc1NC(=O)C1CCCC(N)C1. The molecule has 0 aromatic heterocycles. The quantitative estimate of drug-likeness (QED) is 0.802. The minimum atomic E-state index is -0.215. The van der Waals surface area contributed by atoms with Crippen LogP contribution in [0, 0.1) is 5.92 Å². The average molecular weight is 310 g/mol. The molecular formula is C15H20ClN3O2. The second-order valence-electron chi connectivity index (χ2n) is 5.48. The summed E-state index contributed by atoms with van der Waals surface area (Å²) < 4.78 is 0. The Bertz CT molecular complexity index is 548. The van der Waals surface area contributed by atoms with Crippen LogP contribution in [0.3, 0.4) is 0 Å². The highest BCUT2D eigenvalue weighted by atomic mass is 35.5. The molecule has 21 heavy (non-hydrogen) atoms. The number of rotatable bonds is 3. The second kappa shape index (κ2) is 6.91. The Kier molecular flexibility index (Phi) is 5.20. The zero-order chi connectivity index (χ0) is 15.4. The summed E-state index contributed by atoms with van der Waals surface area (Å²) in [6, 6.07) is 5.07. The zero-order valence-corrected chi connectivity index (χ0v) is 12.7. The largest absolute Gasteiger partial charge is 0.328 e. The van der Waals surface area contributed by atoms with Crippen molar-refractivity contribution in [1.82, 2.24) is 0 Å². The molecule has 1 aromatic rings. The molecule has 1 aliphatic rings. The van der Waals surface area contributed by atoms with E-state index in [0.29, 0.717) is 22.8 Å². The molecule has 1 aliphatic carbocycles. The molecule has 1 fully saturated rings. The van der Waals surface area contributed by atoms with Crippen molar-refractivity contribution in [2.45, 2.75) is 38.6 Å². The van der Waals surface area contributed by atoms with E-state index in [0.717, 1.165) is 19.3 Å². The lowest BCUT2D eigenvalue weighted by molar-refractivity contribution is -0.121. The van der Waals surface area contributed by atoms with Crippen molar-refractivity contribution < 1.29 is 9.59 Å². The van der Waals surface area contributed by atoms with Crippen LogP contribution in [0.5, 0.6) is 0 Å². The topological polar surface area (TPSA) is 84.2 Å². The average Bonchev–Trinajstić information content (AvgIpc) is 2.41. The van der Waals surface area contributed by atoms with E-state index in [9.17, 15) is 9.59 Å². The highest BCUT2D eigenvalue weighted by Crippen LogP contribution is 2.29. The maximum absolute atomic E-state index is 12.3. The van der Waals surface area contributed by atoms with Crippen molar-refractivity contribution in [3.63, 3.8) is 0 Å². The molecule has 114 valence electrons. The van der Waals surface area contributed by atoms with Gasteiger partial charge in [-0.15, -0.1) is 0 Å². The first-order valence-corrected chi connectivity index (χ1v) is 7.47. The summed E-state index contributed by atoms with van der Waals surface area (Å²) >= 11 is 5.92. The lowest BCUT2D eigenvalue weighted by Crippen LogP contribution is -2.34. The molecule has 5 nitrogen and oxygen atoms in total. The fraction of sp³-hybridized carbons (Fsp3) is 0.467. The number of halogens is 1. The van der Waals surface area contributed by atoms with Gasteiger partial charge in [-0.05, 0) is 37.5 Å². The predicted octanol–water partition coefficient (Wildman–Crippen LogP) is 2.75. The van der Waals surface area contributed by atoms with Gasteiger partial charge in [0.2, 0.25) is 11.8 Å². The smallest absolute Gasteiger partial charge is 0.227 e. The highest BCUT2D eigenvalue weighted by molar-refractivity contribution is 6.31. The second-order valence-corrected chi connectivity index (χ2v) is 5.92. The summed E-state index contributed by atoms with van der Waals surface area (Å²) in [5.74, 6) is -0.346. The standard InChI is InChI=1S/C15H20ClN3O2/c1-9(20)18-14-8-11(16)5-6-13(14)19-15(21)10-3-2-4-12(17)7-10/h5-6,8,10,12H,2-4,7,17H2,1H3,(H,18,20)(H,19,21). The zero-order valence-electron chi connectivity index (χ0n) is 12.0. The van der Waals surface area contributed by atoms with Gasteiger partial charge in [0.25, 0.3) is 0 Å². The maximum Gasteiger partial charge on any atom is 0.227 e. The molecule has 2 rings (SSSR count). The van der Waals surface area contributed by atoms with E-state index in [1.807, 2.05) is 0 Å². The molecule has 6 heteroatoms. The number of hydrogen-bond donors (Lipinski definition) is 3. The molecule has 1 saturated carbocycles. The Labute approximate surface area is 129 Å². The minimum Gasteiger partial charge on any atom is -0.328 e. The molecule has 4 N–H and O–H groups in total. The molecule has 0 radical (unpaired) electrons. The van der Waals surface area contributed by atoms with Gasteiger partial charge in [-0.1, -0.05) is 18.0 Å². The molecule has 0 heterocycles. The fourth-order valence-electron chi connectivity index (χ4n) is 2.62. The van der Waals surface area contributed by atoms with Crippen molar-refractivity contribution in [2.24, 2.45) is 11.7 Å². The first-order chi connectivity index (χ1) is 9.95. The number of carbonyl (C=O) groups excluding carboxylic acids is 2. The van der Waals surface area contributed by atoms with Crippen LogP contribution in [0.4, 0.5) is 11.4 Å². The van der Waals surface area contributed by atoms with Gasteiger partial charge >= 0.3 is 0 Å². The molecule has 1 aromatic carbocycles. The fourth-order valence-corrected chi connectivity index (χ4v) is 2.79. The van der Waals surface area contributed by atoms with E-state index >= 15 is 0 Å². The van der Waals surface area contributed by atoms with E-state index < -0.39 is 0 Å². The van der Waals surface area contributed by atoms with Gasteiger partial charge in [0.05, 0.1) is 11.4 Å². The van der Waals surface area contributed by atoms with Gasteiger partial charge in [-0.3, -0.25) is 9.59 Å². The van der Waals surface area contributed by atoms with Crippen molar-refractivity contribution in [1.29, 1.82) is 0 Å². The normalized spacial score (nSPS) is 21.7. The molecule has 2 atom stereocenters. The molecule has 0 spiro atoms. The Morgan fingerprint density at radius 2 is 2.00 bits per heavy atom. The van der Waals surface area contributed by atoms with Crippen LogP contribution >= 0.6 is 11.6 Å². The van der Waals surface area contributed by atoms with E-state index in [1.165, 1.54) is 6.92 Å². The Hall–Kier alpha value is -1.59. The molecule has 0 aliphatic heterocycles. The van der Waals surface area contributed by atoms with Crippen molar-refractivity contribution in [3.8, 4) is 0 Å². The summed E-state index contributed by atoms with van der Waals surface area (Å²) in [6.07, 6.45) is 3.50. The van der Waals surface area contributed by atoms with Crippen molar-refractivity contribution in [3.05, 3.63) is 23.2 Å². The predicted molar refractivity (Wildman–Crippen MR) is 84.3 cm³/mol. The number of anilines is 2. The summed E-state index contributed by atoms with van der Waals surface area (Å²) in [7, 11) is 0. The highest BCUT2D eigenvalue weighted by Gasteiger charge is 2.25. The number of benzene rings is 1. The monoisotopic (exact) mass is 309 g/mol. The van der Waals surface area contributed by atoms with E-state index in [-0.39, 0.29) is 23.8 Å². The number of amides is 2. The number of nitrogens with one attached hydrogen (secondary N) is 2. The van der Waals surface area contributed by atoms with Gasteiger partial charge in [0.1, 0.15) is 0 Å². The number of hydrogen-bond acceptors (Lipinski definition) is 3. The van der Waals surface area contributed by atoms with Gasteiger partial charge in [0.15, 0.2) is 0 Å². The van der Waals surface area contributed by atoms with Crippen LogP contribution in [0.2, 0.25) is 5.02 Å². The maximum atomic E-state index is 12.3. The first kappa shape index (κ1) is 15.8. The summed E-state index contributed by atoms with van der Waals surface area (Å²) in [6.45, 7) is 1.41. The van der Waals surface area contributed by atoms with Gasteiger partial charge < -0.3 is 16.4 Å². The Morgan fingerprint density at radius 3 is 2.67 bits per heavy atom. The molecule has 0 bridgehead atoms. The van der Waals surface area contributed by atoms with Crippen LogP contribution in [-0.4, -0.2) is 17.9 Å². The van der Waals surface area contributed by atoms with Crippen LogP contribution in [-0.2, 0) is 9.59 Å². The summed E-state index contributed by atoms with van der Waals surface area (Å²) in [5.41, 5.74) is 6.98. The lowest BCUT2D eigenvalue weighted by atomic mass is 9.85. The molecule has 0 saturated heterocycles. The van der Waals surface area contributed by atoms with E-state index in [4.69, 9.17) is 17.3 Å². The molecule has 2 amide bonds. The van der Waals surface area contributed by atoms with E-state index in [2.05, 4.69) is 10.6 Å². The minimum absolute atomic E-state index is 0.0564. The van der Waals surface area contributed by atoms with E-state index in [1.54, 1.807) is 18.2 Å². The van der Waals surface area contributed by atoms with Gasteiger partial charge in [-0.25, -0.2) is 0 Å². The number of carbonyl (C=O) groups is 2. The van der Waals surface area contributed by atoms with Crippen molar-refractivity contribution in [2.75, 3.05) is 10.6 Å². The van der Waals surface area contributed by atoms with Crippen LogP contribution < -0.4 is 16.4 Å². The summed E-state index contributed by atoms with van der Waals surface area (Å²) in [4.78, 5) is 23.5. The number of nitrogens with two attached hydrogens (primary N) is 1. The Balaban J connectivity index is 2.11. The van der Waals surface area contributed by atoms with Crippen molar-refractivity contribution >= 4 is 34.8 Å². The Morgan fingerprint density at radius 1 is 1.24 bits per heavy atom. The summed E-state index contributed by atoms with van der Waals surface area (Å²) in [5, 5.41) is 6.03. The third-order valence-electron chi connectivity index (χ3n) is 3.64. The molecule has 2 unspecified atom stereocenters. The van der Waals surface area contributed by atoms with Crippen LogP contribution in [0.1, 0.15) is 32.6 Å². The lowest BCUT2D eigenvalue weighted by Gasteiger charge is -2.26. The van der Waals surface area contributed by atoms with Crippen LogP contribution in [0.25, 0.3) is 0 Å². The third-order valence-corrected chi connectivity index (χ3v) is 3.87. The van der Waals surface area contributed by atoms with Gasteiger partial charge in [0, 0.05) is 23.9 Å². The molecular weight excluding hydrogens is 290 g/mol.